The van der Waals surface area contributed by atoms with Gasteiger partial charge in [-0.15, -0.1) is 0 Å². The molecule has 1 fully saturated rings. The summed E-state index contributed by atoms with van der Waals surface area (Å²) in [7, 11) is 0. The second-order valence-corrected chi connectivity index (χ2v) is 4.91. The summed E-state index contributed by atoms with van der Waals surface area (Å²) in [6.45, 7) is 6.49. The molecule has 1 aromatic heterocycles. The molecule has 1 aliphatic heterocycles. The predicted octanol–water partition coefficient (Wildman–Crippen LogP) is 2.48. The summed E-state index contributed by atoms with van der Waals surface area (Å²) in [5.41, 5.74) is 0.607. The first-order valence-electron chi connectivity index (χ1n) is 6.35. The molecule has 1 saturated heterocycles. The molecule has 0 radical (unpaired) electrons. The molecule has 0 aliphatic carbocycles. The molecular weight excluding hydrogens is 230 g/mol. The van der Waals surface area contributed by atoms with E-state index in [0.29, 0.717) is 17.9 Å². The molecule has 4 nitrogen and oxygen atoms in total. The highest BCUT2D eigenvalue weighted by Gasteiger charge is 2.31. The summed E-state index contributed by atoms with van der Waals surface area (Å²) >= 11 is 0. The van der Waals surface area contributed by atoms with Crippen LogP contribution in [0.2, 0.25) is 0 Å². The van der Waals surface area contributed by atoms with Crippen molar-refractivity contribution in [3.05, 3.63) is 24.0 Å². The Morgan fingerprint density at radius 2 is 2.28 bits per heavy atom. The lowest BCUT2D eigenvalue weighted by atomic mass is 9.93. The maximum Gasteiger partial charge on any atom is 0.170 e. The van der Waals surface area contributed by atoms with Crippen molar-refractivity contribution in [3.8, 4) is 5.75 Å². The Hall–Kier alpha value is -1.42. The molecule has 18 heavy (non-hydrogen) atoms. The van der Waals surface area contributed by atoms with Gasteiger partial charge in [-0.1, -0.05) is 0 Å². The van der Waals surface area contributed by atoms with Gasteiger partial charge in [0, 0.05) is 18.4 Å². The lowest BCUT2D eigenvalue weighted by Crippen LogP contribution is -2.22. The first-order valence-corrected chi connectivity index (χ1v) is 6.35. The smallest absolute Gasteiger partial charge is 0.170 e. The Kier molecular flexibility index (Phi) is 3.97. The molecular formula is C14H19NO3. The molecule has 2 unspecified atom stereocenters. The van der Waals surface area contributed by atoms with Gasteiger partial charge in [0.15, 0.2) is 5.78 Å². The van der Waals surface area contributed by atoms with Crippen LogP contribution in [0.3, 0.4) is 0 Å². The summed E-state index contributed by atoms with van der Waals surface area (Å²) in [5.74, 6) is 0.685. The van der Waals surface area contributed by atoms with Crippen LogP contribution in [0.1, 0.15) is 37.6 Å². The molecule has 2 atom stereocenters. The van der Waals surface area contributed by atoms with Crippen LogP contribution in [0.25, 0.3) is 0 Å². The third-order valence-corrected chi connectivity index (χ3v) is 3.08. The van der Waals surface area contributed by atoms with Gasteiger partial charge in [0.05, 0.1) is 24.3 Å². The number of hydrogen-bond donors (Lipinski definition) is 0. The number of hydrogen-bond acceptors (Lipinski definition) is 4. The molecule has 0 aromatic carbocycles. The van der Waals surface area contributed by atoms with E-state index in [1.54, 1.807) is 18.5 Å². The van der Waals surface area contributed by atoms with Crippen LogP contribution in [-0.4, -0.2) is 29.6 Å². The number of Topliss-reactive ketones (excluding diaryl/α,β-unsaturated/α-hetero) is 1. The van der Waals surface area contributed by atoms with E-state index in [-0.39, 0.29) is 23.9 Å². The molecule has 1 aliphatic rings. The molecule has 0 bridgehead atoms. The van der Waals surface area contributed by atoms with Crippen molar-refractivity contribution in [2.75, 3.05) is 6.61 Å². The van der Waals surface area contributed by atoms with Crippen LogP contribution in [0.5, 0.6) is 5.75 Å². The summed E-state index contributed by atoms with van der Waals surface area (Å²) in [6, 6.07) is 1.76. The molecule has 4 heteroatoms. The Labute approximate surface area is 107 Å². The molecule has 1 aromatic rings. The van der Waals surface area contributed by atoms with Crippen LogP contribution >= 0.6 is 0 Å². The molecule has 0 N–H and O–H groups in total. The molecule has 0 amide bonds. The number of pyridine rings is 1. The monoisotopic (exact) mass is 249 g/mol. The Morgan fingerprint density at radius 1 is 1.50 bits per heavy atom. The van der Waals surface area contributed by atoms with E-state index in [4.69, 9.17) is 9.47 Å². The summed E-state index contributed by atoms with van der Waals surface area (Å²) in [4.78, 5) is 16.4. The average Bonchev–Trinajstić information content (AvgIpc) is 2.74. The van der Waals surface area contributed by atoms with Gasteiger partial charge in [-0.3, -0.25) is 9.78 Å². The van der Waals surface area contributed by atoms with Crippen molar-refractivity contribution in [2.45, 2.75) is 39.4 Å². The van der Waals surface area contributed by atoms with Gasteiger partial charge in [-0.25, -0.2) is 0 Å². The normalized spacial score (nSPS) is 23.3. The standard InChI is InChI=1S/C14H19NO3/c1-9(2)18-12-6-11(7-15-8-12)14(16)13-4-5-17-10(13)3/h6-10,13H,4-5H2,1-3H3. The zero-order valence-electron chi connectivity index (χ0n) is 11.1. The van der Waals surface area contributed by atoms with Crippen molar-refractivity contribution >= 4 is 5.78 Å². The SMILES string of the molecule is CC(C)Oc1cncc(C(=O)C2CCOC2C)c1. The van der Waals surface area contributed by atoms with Crippen LogP contribution < -0.4 is 4.74 Å². The minimum atomic E-state index is -0.0545. The maximum atomic E-state index is 12.3. The van der Waals surface area contributed by atoms with E-state index >= 15 is 0 Å². The highest BCUT2D eigenvalue weighted by Crippen LogP contribution is 2.25. The number of ketones is 1. The van der Waals surface area contributed by atoms with Crippen molar-refractivity contribution in [3.63, 3.8) is 0 Å². The van der Waals surface area contributed by atoms with Crippen LogP contribution in [0.4, 0.5) is 0 Å². The first kappa shape index (κ1) is 13.0. The van der Waals surface area contributed by atoms with Crippen molar-refractivity contribution in [2.24, 2.45) is 5.92 Å². The van der Waals surface area contributed by atoms with Crippen molar-refractivity contribution < 1.29 is 14.3 Å². The highest BCUT2D eigenvalue weighted by atomic mass is 16.5. The zero-order valence-corrected chi connectivity index (χ0v) is 11.1. The first-order chi connectivity index (χ1) is 8.58. The highest BCUT2D eigenvalue weighted by molar-refractivity contribution is 5.98. The molecule has 0 spiro atoms. The van der Waals surface area contributed by atoms with Gasteiger partial charge < -0.3 is 9.47 Å². The third-order valence-electron chi connectivity index (χ3n) is 3.08. The van der Waals surface area contributed by atoms with Gasteiger partial charge in [0.2, 0.25) is 0 Å². The minimum Gasteiger partial charge on any atom is -0.489 e. The van der Waals surface area contributed by atoms with Gasteiger partial charge in [-0.2, -0.15) is 0 Å². The fraction of sp³-hybridized carbons (Fsp3) is 0.571. The second kappa shape index (κ2) is 5.48. The number of rotatable bonds is 4. The lowest BCUT2D eigenvalue weighted by Gasteiger charge is -2.14. The zero-order chi connectivity index (χ0) is 13.1. The van der Waals surface area contributed by atoms with Crippen molar-refractivity contribution in [1.82, 2.24) is 4.98 Å². The topological polar surface area (TPSA) is 48.4 Å². The number of carbonyl (C=O) groups is 1. The molecule has 0 saturated carbocycles. The Balaban J connectivity index is 2.15. The van der Waals surface area contributed by atoms with E-state index in [1.807, 2.05) is 20.8 Å². The largest absolute Gasteiger partial charge is 0.489 e. The maximum absolute atomic E-state index is 12.3. The predicted molar refractivity (Wildman–Crippen MR) is 67.9 cm³/mol. The molecule has 2 rings (SSSR count). The average molecular weight is 249 g/mol. The van der Waals surface area contributed by atoms with E-state index in [0.717, 1.165) is 6.42 Å². The Bertz CT molecular complexity index is 431. The van der Waals surface area contributed by atoms with Gasteiger partial charge >= 0.3 is 0 Å². The summed E-state index contributed by atoms with van der Waals surface area (Å²) < 4.78 is 11.0. The quantitative estimate of drug-likeness (QED) is 0.769. The van der Waals surface area contributed by atoms with Crippen LogP contribution in [0, 0.1) is 5.92 Å². The Morgan fingerprint density at radius 3 is 2.89 bits per heavy atom. The molecule has 98 valence electrons. The van der Waals surface area contributed by atoms with Crippen molar-refractivity contribution in [1.29, 1.82) is 0 Å². The minimum absolute atomic E-state index is 0.00725. The number of ether oxygens (including phenoxy) is 2. The summed E-state index contributed by atoms with van der Waals surface area (Å²) in [6.07, 6.45) is 4.08. The lowest BCUT2D eigenvalue weighted by molar-refractivity contribution is 0.0763. The van der Waals surface area contributed by atoms with Crippen LogP contribution in [-0.2, 0) is 4.74 Å². The fourth-order valence-corrected chi connectivity index (χ4v) is 2.18. The number of nitrogens with zero attached hydrogens (tertiary/aromatic N) is 1. The number of aromatic nitrogens is 1. The second-order valence-electron chi connectivity index (χ2n) is 4.91. The van der Waals surface area contributed by atoms with Gasteiger partial charge in [0.1, 0.15) is 5.75 Å². The van der Waals surface area contributed by atoms with E-state index in [2.05, 4.69) is 4.98 Å². The number of carbonyl (C=O) groups excluding carboxylic acids is 1. The van der Waals surface area contributed by atoms with Crippen LogP contribution in [0.15, 0.2) is 18.5 Å². The fourth-order valence-electron chi connectivity index (χ4n) is 2.18. The van der Waals surface area contributed by atoms with E-state index in [9.17, 15) is 4.79 Å². The third kappa shape index (κ3) is 2.88. The van der Waals surface area contributed by atoms with E-state index < -0.39 is 0 Å². The van der Waals surface area contributed by atoms with E-state index in [1.165, 1.54) is 0 Å². The molecule has 2 heterocycles. The van der Waals surface area contributed by atoms with Gasteiger partial charge in [-0.05, 0) is 33.3 Å². The summed E-state index contributed by atoms with van der Waals surface area (Å²) in [5, 5.41) is 0. The van der Waals surface area contributed by atoms with Gasteiger partial charge in [0.25, 0.3) is 0 Å².